The first-order valence-electron chi connectivity index (χ1n) is 7.58. The minimum absolute atomic E-state index is 0.326. The average Bonchev–Trinajstić information content (AvgIpc) is 2.60. The number of carbonyl (C=O) groups is 3. The van der Waals surface area contributed by atoms with Gasteiger partial charge in [0.15, 0.2) is 6.10 Å². The molecule has 28 heavy (non-hydrogen) atoms. The monoisotopic (exact) mass is 407 g/mol. The fourth-order valence-corrected chi connectivity index (χ4v) is 1.86. The Labute approximate surface area is 156 Å². The summed E-state index contributed by atoms with van der Waals surface area (Å²) in [5.74, 6) is -2.02. The van der Waals surface area contributed by atoms with Crippen molar-refractivity contribution in [3.63, 3.8) is 0 Å². The number of alkyl carbamates (subject to hydrolysis) is 1. The van der Waals surface area contributed by atoms with Crippen molar-refractivity contribution >= 4 is 29.3 Å². The fourth-order valence-electron chi connectivity index (χ4n) is 1.86. The zero-order valence-electron chi connectivity index (χ0n) is 14.8. The van der Waals surface area contributed by atoms with E-state index in [0.29, 0.717) is 12.1 Å². The molecule has 2 N–H and O–H groups in total. The maximum Gasteiger partial charge on any atom is 0.416 e. The molecular formula is C15H16F3N3O7. The molecule has 0 saturated heterocycles. The topological polar surface area (TPSA) is 137 Å². The van der Waals surface area contributed by atoms with Gasteiger partial charge in [0.05, 0.1) is 17.6 Å². The molecule has 0 aliphatic carbocycles. The van der Waals surface area contributed by atoms with E-state index < -0.39 is 52.5 Å². The lowest BCUT2D eigenvalue weighted by Crippen LogP contribution is -2.41. The first kappa shape index (κ1) is 22.7. The largest absolute Gasteiger partial charge is 0.453 e. The molecule has 0 heterocycles. The lowest BCUT2D eigenvalue weighted by molar-refractivity contribution is -0.384. The summed E-state index contributed by atoms with van der Waals surface area (Å²) in [7, 11) is 1.02. The second kappa shape index (κ2) is 9.01. The van der Waals surface area contributed by atoms with E-state index in [0.717, 1.165) is 20.1 Å². The number of amides is 2. The van der Waals surface area contributed by atoms with Gasteiger partial charge in [0.25, 0.3) is 11.6 Å². The van der Waals surface area contributed by atoms with Gasteiger partial charge in [-0.05, 0) is 26.0 Å². The van der Waals surface area contributed by atoms with Crippen LogP contribution in [0.15, 0.2) is 18.2 Å². The fraction of sp³-hybridized carbons (Fsp3) is 0.400. The minimum Gasteiger partial charge on any atom is -0.453 e. The SMILES string of the molecule is COC(=O)NC(=O)[C@H](C)OC(=O)[C@H](C)Nc1ccc(C(F)(F)F)cc1[N+](=O)[O-]. The van der Waals surface area contributed by atoms with Gasteiger partial charge in [-0.1, -0.05) is 0 Å². The van der Waals surface area contributed by atoms with Crippen LogP contribution >= 0.6 is 0 Å². The molecule has 13 heteroatoms. The number of nitrogens with zero attached hydrogens (tertiary/aromatic N) is 1. The number of methoxy groups -OCH3 is 1. The standard InChI is InChI=1S/C15H16F3N3O7/c1-7(13(23)28-8(2)12(22)20-14(24)27-3)19-10-5-4-9(15(16,17)18)6-11(10)21(25)26/h4-8,19H,1-3H3,(H,20,22,24)/t7-,8-/m0/s1. The molecule has 1 aromatic carbocycles. The molecule has 0 bridgehead atoms. The van der Waals surface area contributed by atoms with Crippen LogP contribution in [0.2, 0.25) is 0 Å². The number of hydrogen-bond acceptors (Lipinski definition) is 8. The molecule has 0 aromatic heterocycles. The number of halogens is 3. The van der Waals surface area contributed by atoms with Crippen molar-refractivity contribution in [2.45, 2.75) is 32.2 Å². The molecule has 0 spiro atoms. The highest BCUT2D eigenvalue weighted by Crippen LogP contribution is 2.35. The zero-order valence-corrected chi connectivity index (χ0v) is 14.8. The summed E-state index contributed by atoms with van der Waals surface area (Å²) in [5, 5.41) is 15.2. The van der Waals surface area contributed by atoms with Crippen molar-refractivity contribution in [2.75, 3.05) is 12.4 Å². The van der Waals surface area contributed by atoms with E-state index in [2.05, 4.69) is 10.1 Å². The Balaban J connectivity index is 2.87. The predicted octanol–water partition coefficient (Wildman–Crippen LogP) is 2.23. The van der Waals surface area contributed by atoms with Gasteiger partial charge in [-0.15, -0.1) is 0 Å². The summed E-state index contributed by atoms with van der Waals surface area (Å²) in [6.07, 6.45) is -7.26. The van der Waals surface area contributed by atoms with Gasteiger partial charge >= 0.3 is 18.2 Å². The molecule has 0 aliphatic heterocycles. The van der Waals surface area contributed by atoms with Crippen molar-refractivity contribution in [1.82, 2.24) is 5.32 Å². The Morgan fingerprint density at radius 1 is 1.21 bits per heavy atom. The first-order valence-corrected chi connectivity index (χ1v) is 7.58. The molecule has 2 amide bonds. The third kappa shape index (κ3) is 6.10. The number of anilines is 1. The van der Waals surface area contributed by atoms with Gasteiger partial charge in [0, 0.05) is 6.07 Å². The van der Waals surface area contributed by atoms with Gasteiger partial charge in [-0.2, -0.15) is 13.2 Å². The molecule has 0 fully saturated rings. The maximum absolute atomic E-state index is 12.7. The molecule has 1 rings (SSSR count). The highest BCUT2D eigenvalue weighted by atomic mass is 19.4. The zero-order chi connectivity index (χ0) is 21.6. The lowest BCUT2D eigenvalue weighted by atomic mass is 10.1. The van der Waals surface area contributed by atoms with E-state index >= 15 is 0 Å². The molecule has 0 aliphatic rings. The molecule has 154 valence electrons. The summed E-state index contributed by atoms with van der Waals surface area (Å²) < 4.78 is 47.1. The molecule has 1 aromatic rings. The molecule has 0 radical (unpaired) electrons. The van der Waals surface area contributed by atoms with Crippen molar-refractivity contribution in [3.8, 4) is 0 Å². The first-order chi connectivity index (χ1) is 12.9. The van der Waals surface area contributed by atoms with Crippen LogP contribution in [0, 0.1) is 10.1 Å². The van der Waals surface area contributed by atoms with E-state index in [9.17, 15) is 37.7 Å². The molecule has 10 nitrogen and oxygen atoms in total. The molecular weight excluding hydrogens is 391 g/mol. The number of ether oxygens (including phenoxy) is 2. The van der Waals surface area contributed by atoms with Gasteiger partial charge < -0.3 is 14.8 Å². The summed E-state index contributed by atoms with van der Waals surface area (Å²) in [6.45, 7) is 2.37. The number of nitro groups is 1. The molecule has 0 saturated carbocycles. The summed E-state index contributed by atoms with van der Waals surface area (Å²) >= 11 is 0. The number of nitro benzene ring substituents is 1. The van der Waals surface area contributed by atoms with Gasteiger partial charge in [-0.25, -0.2) is 9.59 Å². The Morgan fingerprint density at radius 3 is 2.32 bits per heavy atom. The summed E-state index contributed by atoms with van der Waals surface area (Å²) in [6, 6.07) is 0.480. The Kier molecular flexibility index (Phi) is 7.29. The van der Waals surface area contributed by atoms with Crippen LogP contribution in [-0.4, -0.2) is 42.1 Å². The number of imide groups is 1. The minimum atomic E-state index is -4.78. The van der Waals surface area contributed by atoms with Crippen LogP contribution in [0.5, 0.6) is 0 Å². The number of carbonyl (C=O) groups excluding carboxylic acids is 3. The van der Waals surface area contributed by atoms with Crippen molar-refractivity contribution in [3.05, 3.63) is 33.9 Å². The van der Waals surface area contributed by atoms with Crippen LogP contribution in [0.25, 0.3) is 0 Å². The number of benzene rings is 1. The number of esters is 1. The quantitative estimate of drug-likeness (QED) is 0.416. The van der Waals surface area contributed by atoms with Crippen molar-refractivity contribution in [1.29, 1.82) is 0 Å². The van der Waals surface area contributed by atoms with Crippen LogP contribution in [-0.2, 0) is 25.2 Å². The normalized spacial score (nSPS) is 13.1. The van der Waals surface area contributed by atoms with Crippen molar-refractivity contribution in [2.24, 2.45) is 0 Å². The van der Waals surface area contributed by atoms with E-state index in [-0.39, 0.29) is 5.69 Å². The smallest absolute Gasteiger partial charge is 0.416 e. The van der Waals surface area contributed by atoms with E-state index in [1.165, 1.54) is 6.92 Å². The third-order valence-electron chi connectivity index (χ3n) is 3.32. The summed E-state index contributed by atoms with van der Waals surface area (Å²) in [4.78, 5) is 44.5. The van der Waals surface area contributed by atoms with Crippen LogP contribution < -0.4 is 10.6 Å². The number of nitrogens with one attached hydrogen (secondary N) is 2. The summed E-state index contributed by atoms with van der Waals surface area (Å²) in [5.41, 5.74) is -2.48. The van der Waals surface area contributed by atoms with E-state index in [1.807, 2.05) is 0 Å². The highest BCUT2D eigenvalue weighted by Gasteiger charge is 2.33. The van der Waals surface area contributed by atoms with Gasteiger partial charge in [-0.3, -0.25) is 20.2 Å². The lowest BCUT2D eigenvalue weighted by Gasteiger charge is -2.18. The van der Waals surface area contributed by atoms with Crippen LogP contribution in [0.1, 0.15) is 19.4 Å². The maximum atomic E-state index is 12.7. The second-order valence-electron chi connectivity index (χ2n) is 5.41. The number of alkyl halides is 3. The number of rotatable bonds is 6. The molecule has 2 atom stereocenters. The predicted molar refractivity (Wildman–Crippen MR) is 87.3 cm³/mol. The van der Waals surface area contributed by atoms with Gasteiger partial charge in [0.2, 0.25) is 0 Å². The van der Waals surface area contributed by atoms with E-state index in [4.69, 9.17) is 4.74 Å². The van der Waals surface area contributed by atoms with Crippen LogP contribution in [0.4, 0.5) is 29.3 Å². The van der Waals surface area contributed by atoms with Gasteiger partial charge in [0.1, 0.15) is 11.7 Å². The second-order valence-corrected chi connectivity index (χ2v) is 5.41. The number of hydrogen-bond donors (Lipinski definition) is 2. The molecule has 0 unspecified atom stereocenters. The van der Waals surface area contributed by atoms with E-state index in [1.54, 1.807) is 5.32 Å². The Hall–Kier alpha value is -3.38. The average molecular weight is 407 g/mol. The Bertz CT molecular complexity index is 783. The van der Waals surface area contributed by atoms with Crippen molar-refractivity contribution < 1.29 is 42.0 Å². The van der Waals surface area contributed by atoms with Crippen LogP contribution in [0.3, 0.4) is 0 Å². The highest BCUT2D eigenvalue weighted by molar-refractivity contribution is 5.95. The Morgan fingerprint density at radius 2 is 1.82 bits per heavy atom. The third-order valence-corrected chi connectivity index (χ3v) is 3.32.